The second-order valence-electron chi connectivity index (χ2n) is 4.23. The number of aromatic nitrogens is 2. The number of rotatable bonds is 4. The van der Waals surface area contributed by atoms with Crippen molar-refractivity contribution in [3.8, 4) is 0 Å². The molecular weight excluding hydrogens is 206 g/mol. The van der Waals surface area contributed by atoms with Crippen molar-refractivity contribution in [2.75, 3.05) is 5.32 Å². The van der Waals surface area contributed by atoms with Gasteiger partial charge >= 0.3 is 5.97 Å². The summed E-state index contributed by atoms with van der Waals surface area (Å²) in [5, 5.41) is 19.4. The Morgan fingerprint density at radius 3 is 2.69 bits per heavy atom. The van der Waals surface area contributed by atoms with Crippen molar-refractivity contribution in [3.63, 3.8) is 0 Å². The molecule has 0 aromatic carbocycles. The molecule has 86 valence electrons. The van der Waals surface area contributed by atoms with E-state index in [1.54, 1.807) is 6.07 Å². The third-order valence-electron chi connectivity index (χ3n) is 3.12. The van der Waals surface area contributed by atoms with Crippen LogP contribution in [0.25, 0.3) is 0 Å². The van der Waals surface area contributed by atoms with E-state index in [0.717, 1.165) is 0 Å². The van der Waals surface area contributed by atoms with Crippen LogP contribution in [0.3, 0.4) is 0 Å². The van der Waals surface area contributed by atoms with Crippen LogP contribution in [0, 0.1) is 5.92 Å². The summed E-state index contributed by atoms with van der Waals surface area (Å²) in [6, 6.07) is 3.50. The van der Waals surface area contributed by atoms with Crippen LogP contribution in [0.1, 0.15) is 36.7 Å². The van der Waals surface area contributed by atoms with Crippen LogP contribution >= 0.6 is 0 Å². The number of nitrogens with one attached hydrogen (secondary N) is 1. The maximum absolute atomic E-state index is 10.6. The van der Waals surface area contributed by atoms with Crippen LogP contribution in [0.4, 0.5) is 5.82 Å². The fourth-order valence-corrected chi connectivity index (χ4v) is 1.81. The van der Waals surface area contributed by atoms with Crippen LogP contribution in [-0.4, -0.2) is 27.3 Å². The van der Waals surface area contributed by atoms with E-state index in [-0.39, 0.29) is 5.69 Å². The predicted molar refractivity (Wildman–Crippen MR) is 59.4 cm³/mol. The summed E-state index contributed by atoms with van der Waals surface area (Å²) in [6.07, 6.45) is 3.82. The summed E-state index contributed by atoms with van der Waals surface area (Å²) < 4.78 is 0. The first-order chi connectivity index (χ1) is 7.66. The lowest BCUT2D eigenvalue weighted by Crippen LogP contribution is -2.31. The highest BCUT2D eigenvalue weighted by Crippen LogP contribution is 2.30. The monoisotopic (exact) mass is 221 g/mol. The molecule has 16 heavy (non-hydrogen) atoms. The van der Waals surface area contributed by atoms with Crippen LogP contribution in [-0.2, 0) is 0 Å². The van der Waals surface area contributed by atoms with Gasteiger partial charge in [-0.1, -0.05) is 6.42 Å². The summed E-state index contributed by atoms with van der Waals surface area (Å²) in [4.78, 5) is 10.6. The molecule has 1 aromatic heterocycles. The van der Waals surface area contributed by atoms with Gasteiger partial charge in [0.2, 0.25) is 0 Å². The molecule has 1 saturated carbocycles. The molecule has 0 radical (unpaired) electrons. The van der Waals surface area contributed by atoms with Crippen LogP contribution in [0.2, 0.25) is 0 Å². The van der Waals surface area contributed by atoms with Gasteiger partial charge in [-0.05, 0) is 37.8 Å². The fourth-order valence-electron chi connectivity index (χ4n) is 1.81. The highest BCUT2D eigenvalue weighted by atomic mass is 16.4. The molecule has 0 bridgehead atoms. The molecule has 0 amide bonds. The van der Waals surface area contributed by atoms with Gasteiger partial charge in [-0.25, -0.2) is 4.79 Å². The Balaban J connectivity index is 1.96. The summed E-state index contributed by atoms with van der Waals surface area (Å²) >= 11 is 0. The third-order valence-corrected chi connectivity index (χ3v) is 3.12. The Morgan fingerprint density at radius 2 is 2.25 bits per heavy atom. The molecule has 0 saturated heterocycles. The third kappa shape index (κ3) is 2.29. The average Bonchev–Trinajstić information content (AvgIpc) is 2.15. The molecule has 5 heteroatoms. The maximum Gasteiger partial charge on any atom is 0.356 e. The molecule has 2 rings (SSSR count). The number of carboxylic acid groups (broad SMARTS) is 1. The smallest absolute Gasteiger partial charge is 0.356 e. The van der Waals surface area contributed by atoms with Crippen molar-refractivity contribution in [2.24, 2.45) is 5.92 Å². The van der Waals surface area contributed by atoms with Crippen LogP contribution in [0.5, 0.6) is 0 Å². The molecule has 0 spiro atoms. The first-order valence-electron chi connectivity index (χ1n) is 5.50. The van der Waals surface area contributed by atoms with Crippen molar-refractivity contribution < 1.29 is 9.90 Å². The molecule has 1 unspecified atom stereocenters. The van der Waals surface area contributed by atoms with Gasteiger partial charge in [-0.3, -0.25) is 0 Å². The van der Waals surface area contributed by atoms with Crippen LogP contribution in [0.15, 0.2) is 12.1 Å². The lowest BCUT2D eigenvalue weighted by Gasteiger charge is -2.32. The highest BCUT2D eigenvalue weighted by Gasteiger charge is 2.23. The lowest BCUT2D eigenvalue weighted by molar-refractivity contribution is 0.0689. The molecular formula is C11H15N3O2. The number of anilines is 1. The quantitative estimate of drug-likeness (QED) is 0.810. The Hall–Kier alpha value is -1.65. The SMILES string of the molecule is CC(Nc1ccc(C(=O)O)nn1)C1CCC1. The summed E-state index contributed by atoms with van der Waals surface area (Å²) in [7, 11) is 0. The number of hydrogen-bond acceptors (Lipinski definition) is 4. The van der Waals surface area contributed by atoms with Gasteiger partial charge in [0.25, 0.3) is 0 Å². The normalized spacial score (nSPS) is 17.6. The molecule has 2 N–H and O–H groups in total. The van der Waals surface area contributed by atoms with Crippen molar-refractivity contribution in [1.29, 1.82) is 0 Å². The van der Waals surface area contributed by atoms with Gasteiger partial charge in [0.05, 0.1) is 0 Å². The van der Waals surface area contributed by atoms with Gasteiger partial charge in [0.15, 0.2) is 5.69 Å². The number of hydrogen-bond donors (Lipinski definition) is 2. The maximum atomic E-state index is 10.6. The first-order valence-corrected chi connectivity index (χ1v) is 5.50. The van der Waals surface area contributed by atoms with Gasteiger partial charge < -0.3 is 10.4 Å². The summed E-state index contributed by atoms with van der Waals surface area (Å²) in [6.45, 7) is 2.12. The van der Waals surface area contributed by atoms with Crippen molar-refractivity contribution in [2.45, 2.75) is 32.2 Å². The van der Waals surface area contributed by atoms with Crippen LogP contribution < -0.4 is 5.32 Å². The molecule has 5 nitrogen and oxygen atoms in total. The second kappa shape index (κ2) is 4.47. The minimum absolute atomic E-state index is 0.0261. The van der Waals surface area contributed by atoms with Crippen molar-refractivity contribution >= 4 is 11.8 Å². The van der Waals surface area contributed by atoms with E-state index in [2.05, 4.69) is 22.4 Å². The number of carboxylic acids is 1. The molecule has 1 fully saturated rings. The van der Waals surface area contributed by atoms with Crippen molar-refractivity contribution in [1.82, 2.24) is 10.2 Å². The molecule has 1 aromatic rings. The van der Waals surface area contributed by atoms with Gasteiger partial charge in [-0.2, -0.15) is 0 Å². The fraction of sp³-hybridized carbons (Fsp3) is 0.545. The standard InChI is InChI=1S/C11H15N3O2/c1-7(8-3-2-4-8)12-10-6-5-9(11(15)16)13-14-10/h5-8H,2-4H2,1H3,(H,12,14)(H,15,16). The summed E-state index contributed by atoms with van der Waals surface area (Å²) in [5.74, 6) is 0.302. The van der Waals surface area contributed by atoms with E-state index in [1.165, 1.54) is 25.3 Å². The molecule has 1 heterocycles. The Morgan fingerprint density at radius 1 is 1.50 bits per heavy atom. The second-order valence-corrected chi connectivity index (χ2v) is 4.23. The van der Waals surface area contributed by atoms with E-state index >= 15 is 0 Å². The van der Waals surface area contributed by atoms with Crippen molar-refractivity contribution in [3.05, 3.63) is 17.8 Å². The van der Waals surface area contributed by atoms with E-state index < -0.39 is 5.97 Å². The molecule has 1 aliphatic rings. The average molecular weight is 221 g/mol. The zero-order valence-corrected chi connectivity index (χ0v) is 9.18. The number of aromatic carboxylic acids is 1. The zero-order valence-electron chi connectivity index (χ0n) is 9.18. The minimum Gasteiger partial charge on any atom is -0.476 e. The van der Waals surface area contributed by atoms with Gasteiger partial charge in [-0.15, -0.1) is 10.2 Å². The topological polar surface area (TPSA) is 75.1 Å². The lowest BCUT2D eigenvalue weighted by atomic mass is 9.80. The minimum atomic E-state index is -1.05. The Bertz CT molecular complexity index is 373. The van der Waals surface area contributed by atoms with E-state index in [1.807, 2.05) is 0 Å². The summed E-state index contributed by atoms with van der Waals surface area (Å²) in [5.41, 5.74) is -0.0261. The molecule has 0 aliphatic heterocycles. The predicted octanol–water partition coefficient (Wildman–Crippen LogP) is 1.78. The number of carbonyl (C=O) groups is 1. The van der Waals surface area contributed by atoms with Gasteiger partial charge in [0.1, 0.15) is 5.82 Å². The van der Waals surface area contributed by atoms with E-state index in [9.17, 15) is 4.79 Å². The highest BCUT2D eigenvalue weighted by molar-refractivity contribution is 5.85. The van der Waals surface area contributed by atoms with Gasteiger partial charge in [0, 0.05) is 6.04 Å². The largest absolute Gasteiger partial charge is 0.476 e. The Kier molecular flexibility index (Phi) is 3.03. The zero-order chi connectivity index (χ0) is 11.5. The first kappa shape index (κ1) is 10.9. The molecule has 1 atom stereocenters. The van der Waals surface area contributed by atoms with E-state index in [0.29, 0.717) is 17.8 Å². The van der Waals surface area contributed by atoms with E-state index in [4.69, 9.17) is 5.11 Å². The molecule has 1 aliphatic carbocycles. The number of nitrogens with zero attached hydrogens (tertiary/aromatic N) is 2. The Labute approximate surface area is 93.9 Å².